The topological polar surface area (TPSA) is 68.5 Å². The Morgan fingerprint density at radius 3 is 2.76 bits per heavy atom. The van der Waals surface area contributed by atoms with E-state index in [2.05, 4.69) is 15.5 Å². The zero-order valence-corrected chi connectivity index (χ0v) is 16.3. The molecule has 29 heavy (non-hydrogen) atoms. The summed E-state index contributed by atoms with van der Waals surface area (Å²) in [5, 5.41) is 4.72. The van der Waals surface area contributed by atoms with E-state index in [1.165, 1.54) is 10.6 Å². The molecule has 0 bridgehead atoms. The van der Waals surface area contributed by atoms with Gasteiger partial charge in [-0.2, -0.15) is 5.10 Å². The van der Waals surface area contributed by atoms with Gasteiger partial charge in [0.25, 0.3) is 5.56 Å². The largest absolute Gasteiger partial charge is 0.382 e. The van der Waals surface area contributed by atoms with Crippen molar-refractivity contribution in [1.82, 2.24) is 9.55 Å². The van der Waals surface area contributed by atoms with Crippen LogP contribution in [0, 0.1) is 11.6 Å². The summed E-state index contributed by atoms with van der Waals surface area (Å²) in [6, 6.07) is 10.6. The average molecular weight is 400 g/mol. The molecule has 1 heterocycles. The number of aromatic nitrogens is 2. The average Bonchev–Trinajstić information content (AvgIpc) is 2.73. The molecule has 0 radical (unpaired) electrons. The summed E-state index contributed by atoms with van der Waals surface area (Å²) in [6.07, 6.45) is 0.633. The Morgan fingerprint density at radius 2 is 2.00 bits per heavy atom. The molecule has 2 aromatic carbocycles. The number of hydrogen-bond donors (Lipinski definition) is 1. The number of para-hydroxylation sites is 1. The fraction of sp³-hybridized carbons (Fsp3) is 0.286. The molecule has 0 spiro atoms. The number of nitrogens with zero attached hydrogens (tertiary/aromatic N) is 3. The number of anilines is 1. The van der Waals surface area contributed by atoms with Gasteiger partial charge in [0, 0.05) is 25.3 Å². The van der Waals surface area contributed by atoms with Gasteiger partial charge in [0.2, 0.25) is 5.95 Å². The summed E-state index contributed by atoms with van der Waals surface area (Å²) in [4.78, 5) is 17.4. The van der Waals surface area contributed by atoms with Crippen molar-refractivity contribution in [3.63, 3.8) is 0 Å². The highest BCUT2D eigenvalue weighted by Crippen LogP contribution is 2.13. The van der Waals surface area contributed by atoms with E-state index in [-0.39, 0.29) is 11.5 Å². The zero-order valence-electron chi connectivity index (χ0n) is 16.3. The fourth-order valence-electron chi connectivity index (χ4n) is 2.85. The molecule has 3 rings (SSSR count). The third-order valence-corrected chi connectivity index (χ3v) is 4.40. The summed E-state index contributed by atoms with van der Waals surface area (Å²) in [5.41, 5.74) is 4.00. The van der Waals surface area contributed by atoms with Gasteiger partial charge in [-0.15, -0.1) is 0 Å². The number of rotatable bonds is 8. The number of benzene rings is 2. The maximum absolute atomic E-state index is 13.5. The summed E-state index contributed by atoms with van der Waals surface area (Å²) < 4.78 is 33.5. The molecule has 8 heteroatoms. The van der Waals surface area contributed by atoms with Crippen LogP contribution in [-0.2, 0) is 11.3 Å². The molecule has 0 aliphatic carbocycles. The number of nitrogens with one attached hydrogen (secondary N) is 1. The van der Waals surface area contributed by atoms with Crippen LogP contribution in [0.5, 0.6) is 0 Å². The van der Waals surface area contributed by atoms with Crippen molar-refractivity contribution in [3.05, 3.63) is 70.0 Å². The number of halogens is 2. The Kier molecular flexibility index (Phi) is 6.66. The third-order valence-electron chi connectivity index (χ3n) is 4.40. The van der Waals surface area contributed by atoms with Crippen LogP contribution < -0.4 is 11.0 Å². The quantitative estimate of drug-likeness (QED) is 0.353. The summed E-state index contributed by atoms with van der Waals surface area (Å²) in [6.45, 7) is 5.09. The molecule has 0 aliphatic rings. The van der Waals surface area contributed by atoms with Crippen LogP contribution in [0.15, 0.2) is 52.4 Å². The second-order valence-electron chi connectivity index (χ2n) is 6.40. The second-order valence-corrected chi connectivity index (χ2v) is 6.40. The van der Waals surface area contributed by atoms with E-state index in [0.29, 0.717) is 48.4 Å². The van der Waals surface area contributed by atoms with Crippen molar-refractivity contribution in [2.45, 2.75) is 26.8 Å². The van der Waals surface area contributed by atoms with Gasteiger partial charge in [-0.05, 0) is 50.6 Å². The minimum Gasteiger partial charge on any atom is -0.382 e. The molecule has 0 saturated carbocycles. The van der Waals surface area contributed by atoms with E-state index in [0.717, 1.165) is 12.1 Å². The first-order chi connectivity index (χ1) is 14.0. The van der Waals surface area contributed by atoms with Gasteiger partial charge in [0.05, 0.1) is 16.6 Å². The van der Waals surface area contributed by atoms with Gasteiger partial charge < -0.3 is 4.74 Å². The first-order valence-electron chi connectivity index (χ1n) is 9.34. The Morgan fingerprint density at radius 1 is 1.21 bits per heavy atom. The molecule has 3 aromatic rings. The molecular weight excluding hydrogens is 378 g/mol. The predicted octanol–water partition coefficient (Wildman–Crippen LogP) is 3.94. The van der Waals surface area contributed by atoms with E-state index in [1.54, 1.807) is 31.2 Å². The standard InChI is InChI=1S/C21H22F2N4O2/c1-3-29-12-6-11-27-20(28)16-7-4-5-8-19(16)24-21(27)26-25-14(2)15-9-10-17(22)18(23)13-15/h4-5,7-10,13H,3,6,11-12H2,1-2H3,(H,24,26)/b25-14-. The maximum atomic E-state index is 13.5. The van der Waals surface area contributed by atoms with Gasteiger partial charge in [-0.3, -0.25) is 9.36 Å². The lowest BCUT2D eigenvalue weighted by Crippen LogP contribution is -2.25. The number of hydrazone groups is 1. The second kappa shape index (κ2) is 9.38. The van der Waals surface area contributed by atoms with Crippen LogP contribution in [0.1, 0.15) is 25.8 Å². The molecule has 1 aromatic heterocycles. The van der Waals surface area contributed by atoms with Crippen LogP contribution >= 0.6 is 0 Å². The van der Waals surface area contributed by atoms with Crippen LogP contribution in [-0.4, -0.2) is 28.5 Å². The van der Waals surface area contributed by atoms with Crippen LogP contribution in [0.25, 0.3) is 10.9 Å². The lowest BCUT2D eigenvalue weighted by molar-refractivity contribution is 0.141. The van der Waals surface area contributed by atoms with E-state index >= 15 is 0 Å². The molecule has 152 valence electrons. The Hall–Kier alpha value is -3.13. The molecule has 0 saturated heterocycles. The highest BCUT2D eigenvalue weighted by atomic mass is 19.2. The molecule has 6 nitrogen and oxygen atoms in total. The first kappa shape index (κ1) is 20.6. The van der Waals surface area contributed by atoms with Gasteiger partial charge >= 0.3 is 0 Å². The van der Waals surface area contributed by atoms with Crippen molar-refractivity contribution in [1.29, 1.82) is 0 Å². The van der Waals surface area contributed by atoms with Crippen molar-refractivity contribution in [2.75, 3.05) is 18.6 Å². The number of hydrogen-bond acceptors (Lipinski definition) is 5. The summed E-state index contributed by atoms with van der Waals surface area (Å²) in [5.74, 6) is -1.60. The monoisotopic (exact) mass is 400 g/mol. The Balaban J connectivity index is 1.93. The minimum atomic E-state index is -0.950. The van der Waals surface area contributed by atoms with Crippen LogP contribution in [0.2, 0.25) is 0 Å². The minimum absolute atomic E-state index is 0.185. The molecule has 0 atom stereocenters. The molecule has 0 fully saturated rings. The normalized spacial score (nSPS) is 11.8. The van der Waals surface area contributed by atoms with Crippen LogP contribution in [0.3, 0.4) is 0 Å². The fourth-order valence-corrected chi connectivity index (χ4v) is 2.85. The number of fused-ring (bicyclic) bond motifs is 1. The maximum Gasteiger partial charge on any atom is 0.262 e. The van der Waals surface area contributed by atoms with Gasteiger partial charge in [0.15, 0.2) is 11.6 Å². The van der Waals surface area contributed by atoms with E-state index < -0.39 is 11.6 Å². The summed E-state index contributed by atoms with van der Waals surface area (Å²) in [7, 11) is 0. The predicted molar refractivity (Wildman–Crippen MR) is 109 cm³/mol. The molecule has 0 amide bonds. The van der Waals surface area contributed by atoms with E-state index in [4.69, 9.17) is 4.74 Å². The van der Waals surface area contributed by atoms with Crippen molar-refractivity contribution in [2.24, 2.45) is 5.10 Å². The van der Waals surface area contributed by atoms with E-state index in [9.17, 15) is 13.6 Å². The van der Waals surface area contributed by atoms with Crippen LogP contribution in [0.4, 0.5) is 14.7 Å². The number of ether oxygens (including phenoxy) is 1. The molecule has 0 unspecified atom stereocenters. The Labute approximate surface area is 166 Å². The smallest absolute Gasteiger partial charge is 0.262 e. The third kappa shape index (κ3) is 4.83. The molecule has 1 N–H and O–H groups in total. The highest BCUT2D eigenvalue weighted by Gasteiger charge is 2.11. The first-order valence-corrected chi connectivity index (χ1v) is 9.34. The van der Waals surface area contributed by atoms with Gasteiger partial charge in [-0.25, -0.2) is 19.2 Å². The van der Waals surface area contributed by atoms with Crippen molar-refractivity contribution >= 4 is 22.6 Å². The molecular formula is C21H22F2N4O2. The Bertz CT molecular complexity index is 1100. The van der Waals surface area contributed by atoms with E-state index in [1.807, 2.05) is 6.92 Å². The lowest BCUT2D eigenvalue weighted by atomic mass is 10.1. The highest BCUT2D eigenvalue weighted by molar-refractivity contribution is 5.99. The SMILES string of the molecule is CCOCCCn1c(N/N=C(/C)c2ccc(F)c(F)c2)nc2ccccc2c1=O. The lowest BCUT2D eigenvalue weighted by Gasteiger charge is -2.13. The summed E-state index contributed by atoms with van der Waals surface area (Å²) >= 11 is 0. The molecule has 0 aliphatic heterocycles. The van der Waals surface area contributed by atoms with Crippen molar-refractivity contribution in [3.8, 4) is 0 Å². The van der Waals surface area contributed by atoms with Gasteiger partial charge in [-0.1, -0.05) is 12.1 Å². The van der Waals surface area contributed by atoms with Crippen molar-refractivity contribution < 1.29 is 13.5 Å². The zero-order chi connectivity index (χ0) is 20.8. The van der Waals surface area contributed by atoms with Gasteiger partial charge in [0.1, 0.15) is 0 Å².